The maximum Gasteiger partial charge on any atom is 0.253 e. The van der Waals surface area contributed by atoms with E-state index in [0.29, 0.717) is 12.1 Å². The Bertz CT molecular complexity index is 1050. The summed E-state index contributed by atoms with van der Waals surface area (Å²) >= 11 is 0. The molecule has 0 unspecified atom stereocenters. The van der Waals surface area contributed by atoms with Crippen molar-refractivity contribution in [3.8, 4) is 0 Å². The first-order valence-electron chi connectivity index (χ1n) is 8.38. The summed E-state index contributed by atoms with van der Waals surface area (Å²) in [5.41, 5.74) is 1.57. The molecule has 0 aliphatic carbocycles. The highest BCUT2D eigenvalue weighted by molar-refractivity contribution is 7.90. The largest absolute Gasteiger partial charge is 0.341 e. The first-order chi connectivity index (χ1) is 12.4. The number of hydrogen-bond donors (Lipinski definition) is 0. The molecule has 1 amide bonds. The smallest absolute Gasteiger partial charge is 0.253 e. The Morgan fingerprint density at radius 1 is 0.962 bits per heavy atom. The van der Waals surface area contributed by atoms with Crippen LogP contribution in [0.15, 0.2) is 71.6 Å². The molecule has 0 atom stereocenters. The highest BCUT2D eigenvalue weighted by atomic mass is 32.2. The van der Waals surface area contributed by atoms with Gasteiger partial charge in [-0.3, -0.25) is 4.79 Å². The van der Waals surface area contributed by atoms with Gasteiger partial charge in [0.25, 0.3) is 5.91 Å². The number of carbonyl (C=O) groups is 1. The predicted octanol–water partition coefficient (Wildman–Crippen LogP) is 3.56. The van der Waals surface area contributed by atoms with Crippen LogP contribution in [-0.4, -0.2) is 39.1 Å². The molecule has 0 spiro atoms. The summed E-state index contributed by atoms with van der Waals surface area (Å²) < 4.78 is 23.4. The number of carbonyl (C=O) groups excluding carboxylic acids is 1. The van der Waals surface area contributed by atoms with Gasteiger partial charge < -0.3 is 4.90 Å². The van der Waals surface area contributed by atoms with E-state index in [9.17, 15) is 13.2 Å². The number of sulfone groups is 1. The van der Waals surface area contributed by atoms with Crippen molar-refractivity contribution in [1.29, 1.82) is 0 Å². The third-order valence-corrected chi connectivity index (χ3v) is 5.56. The minimum Gasteiger partial charge on any atom is -0.341 e. The fraction of sp³-hybridized carbons (Fsp3) is 0.190. The van der Waals surface area contributed by atoms with Crippen molar-refractivity contribution >= 4 is 26.5 Å². The van der Waals surface area contributed by atoms with Gasteiger partial charge in [0.1, 0.15) is 0 Å². The molecule has 0 heterocycles. The van der Waals surface area contributed by atoms with Crippen molar-refractivity contribution in [2.24, 2.45) is 0 Å². The SMILES string of the molecule is CN(CCc1cccc2ccccc12)C(=O)c1cccc(S(C)(=O)=O)c1. The van der Waals surface area contributed by atoms with Gasteiger partial charge in [-0.2, -0.15) is 0 Å². The Hall–Kier alpha value is -2.66. The van der Waals surface area contributed by atoms with E-state index in [1.54, 1.807) is 24.1 Å². The van der Waals surface area contributed by atoms with Crippen LogP contribution in [0.5, 0.6) is 0 Å². The monoisotopic (exact) mass is 367 g/mol. The molecule has 0 saturated heterocycles. The van der Waals surface area contributed by atoms with Crippen LogP contribution in [0.3, 0.4) is 0 Å². The molecule has 3 aromatic rings. The van der Waals surface area contributed by atoms with E-state index in [1.807, 2.05) is 18.2 Å². The van der Waals surface area contributed by atoms with Gasteiger partial charge >= 0.3 is 0 Å². The standard InChI is InChI=1S/C21H21NO3S/c1-22(21(23)18-10-6-11-19(15-18)26(2,24)25)14-13-17-9-5-8-16-7-3-4-12-20(16)17/h3-12,15H,13-14H2,1-2H3. The number of amides is 1. The van der Waals surface area contributed by atoms with Gasteiger partial charge in [-0.25, -0.2) is 8.42 Å². The number of benzene rings is 3. The van der Waals surface area contributed by atoms with Crippen molar-refractivity contribution in [1.82, 2.24) is 4.90 Å². The van der Waals surface area contributed by atoms with Crippen molar-refractivity contribution in [3.05, 3.63) is 77.9 Å². The van der Waals surface area contributed by atoms with Gasteiger partial charge in [0.05, 0.1) is 4.90 Å². The van der Waals surface area contributed by atoms with Crippen LogP contribution in [-0.2, 0) is 16.3 Å². The molecule has 5 heteroatoms. The molecule has 0 N–H and O–H groups in total. The fourth-order valence-electron chi connectivity index (χ4n) is 2.98. The fourth-order valence-corrected chi connectivity index (χ4v) is 3.65. The van der Waals surface area contributed by atoms with E-state index in [-0.39, 0.29) is 10.8 Å². The summed E-state index contributed by atoms with van der Waals surface area (Å²) in [4.78, 5) is 14.4. The summed E-state index contributed by atoms with van der Waals surface area (Å²) in [5.74, 6) is -0.185. The summed E-state index contributed by atoms with van der Waals surface area (Å²) in [6, 6.07) is 20.5. The summed E-state index contributed by atoms with van der Waals surface area (Å²) in [6.45, 7) is 0.552. The zero-order valence-electron chi connectivity index (χ0n) is 14.8. The van der Waals surface area contributed by atoms with Gasteiger partial charge in [0.2, 0.25) is 0 Å². The molecule has 3 rings (SSSR count). The van der Waals surface area contributed by atoms with Crippen LogP contribution < -0.4 is 0 Å². The molecule has 3 aromatic carbocycles. The molecule has 0 saturated carbocycles. The van der Waals surface area contributed by atoms with Gasteiger partial charge in [-0.15, -0.1) is 0 Å². The number of nitrogens with zero attached hydrogens (tertiary/aromatic N) is 1. The zero-order chi connectivity index (χ0) is 18.7. The number of hydrogen-bond acceptors (Lipinski definition) is 3. The normalized spacial score (nSPS) is 11.5. The molecule has 0 aliphatic heterocycles. The van der Waals surface area contributed by atoms with Gasteiger partial charge in [0.15, 0.2) is 9.84 Å². The lowest BCUT2D eigenvalue weighted by atomic mass is 10.0. The first-order valence-corrected chi connectivity index (χ1v) is 10.3. The highest BCUT2D eigenvalue weighted by Gasteiger charge is 2.15. The molecule has 26 heavy (non-hydrogen) atoms. The lowest BCUT2D eigenvalue weighted by Crippen LogP contribution is -2.29. The third kappa shape index (κ3) is 3.94. The maximum absolute atomic E-state index is 12.6. The number of likely N-dealkylation sites (N-methyl/N-ethyl adjacent to an activating group) is 1. The Morgan fingerprint density at radius 2 is 1.65 bits per heavy atom. The van der Waals surface area contributed by atoms with Crippen LogP contribution in [0, 0.1) is 0 Å². The van der Waals surface area contributed by atoms with E-state index in [0.717, 1.165) is 12.7 Å². The quantitative estimate of drug-likeness (QED) is 0.693. The average Bonchev–Trinajstić information content (AvgIpc) is 2.65. The number of rotatable bonds is 5. The van der Waals surface area contributed by atoms with Crippen LogP contribution in [0.1, 0.15) is 15.9 Å². The molecular formula is C21H21NO3S. The van der Waals surface area contributed by atoms with Crippen molar-refractivity contribution in [3.63, 3.8) is 0 Å². The topological polar surface area (TPSA) is 54.5 Å². The second kappa shape index (κ2) is 7.30. The van der Waals surface area contributed by atoms with E-state index < -0.39 is 9.84 Å². The van der Waals surface area contributed by atoms with Gasteiger partial charge in [-0.1, -0.05) is 48.5 Å². The predicted molar refractivity (Wildman–Crippen MR) is 104 cm³/mol. The summed E-state index contributed by atoms with van der Waals surface area (Å²) in [5, 5.41) is 2.37. The van der Waals surface area contributed by atoms with Crippen molar-refractivity contribution in [2.75, 3.05) is 19.8 Å². The Balaban J connectivity index is 1.76. The van der Waals surface area contributed by atoms with Crippen LogP contribution in [0.25, 0.3) is 10.8 Å². The molecule has 0 radical (unpaired) electrons. The third-order valence-electron chi connectivity index (χ3n) is 4.45. The van der Waals surface area contributed by atoms with Crippen LogP contribution in [0.2, 0.25) is 0 Å². The van der Waals surface area contributed by atoms with E-state index >= 15 is 0 Å². The summed E-state index contributed by atoms with van der Waals surface area (Å²) in [7, 11) is -1.60. The second-order valence-corrected chi connectivity index (χ2v) is 8.43. The summed E-state index contributed by atoms with van der Waals surface area (Å²) in [6.07, 6.45) is 1.87. The Labute approximate surface area is 154 Å². The molecule has 0 bridgehead atoms. The highest BCUT2D eigenvalue weighted by Crippen LogP contribution is 2.19. The Morgan fingerprint density at radius 3 is 2.42 bits per heavy atom. The zero-order valence-corrected chi connectivity index (χ0v) is 15.7. The van der Waals surface area contributed by atoms with Crippen LogP contribution in [0.4, 0.5) is 0 Å². The minimum absolute atomic E-state index is 0.158. The molecule has 0 fully saturated rings. The van der Waals surface area contributed by atoms with E-state index in [4.69, 9.17) is 0 Å². The molecule has 0 aromatic heterocycles. The molecule has 4 nitrogen and oxygen atoms in total. The van der Waals surface area contributed by atoms with Gasteiger partial charge in [0, 0.05) is 25.4 Å². The number of fused-ring (bicyclic) bond motifs is 1. The second-order valence-electron chi connectivity index (χ2n) is 6.41. The molecule has 134 valence electrons. The lowest BCUT2D eigenvalue weighted by molar-refractivity contribution is 0.0796. The average molecular weight is 367 g/mol. The van der Waals surface area contributed by atoms with E-state index in [1.165, 1.54) is 28.5 Å². The van der Waals surface area contributed by atoms with Crippen molar-refractivity contribution < 1.29 is 13.2 Å². The Kier molecular flexibility index (Phi) is 5.09. The van der Waals surface area contributed by atoms with E-state index in [2.05, 4.69) is 24.3 Å². The minimum atomic E-state index is -3.33. The van der Waals surface area contributed by atoms with Gasteiger partial charge in [-0.05, 0) is 41.0 Å². The maximum atomic E-state index is 12.6. The molecular weight excluding hydrogens is 346 g/mol. The first kappa shape index (κ1) is 18.1. The van der Waals surface area contributed by atoms with Crippen LogP contribution >= 0.6 is 0 Å². The van der Waals surface area contributed by atoms with Crippen molar-refractivity contribution in [2.45, 2.75) is 11.3 Å². The molecule has 0 aliphatic rings. The lowest BCUT2D eigenvalue weighted by Gasteiger charge is -2.18.